The summed E-state index contributed by atoms with van der Waals surface area (Å²) < 4.78 is 34.8. The molecule has 0 rings (SSSR count). The Balaban J connectivity index is 4.14. The lowest BCUT2D eigenvalue weighted by Crippen LogP contribution is -2.37. The zero-order valence-corrected chi connectivity index (χ0v) is 65.9. The van der Waals surface area contributed by atoms with Crippen molar-refractivity contribution in [3.8, 4) is 0 Å². The second-order valence-corrected chi connectivity index (χ2v) is 28.1. The highest BCUT2D eigenvalue weighted by molar-refractivity contribution is 7.47. The van der Waals surface area contributed by atoms with E-state index >= 15 is 0 Å². The summed E-state index contributed by atoms with van der Waals surface area (Å²) in [4.78, 5) is 36.0. The Hall–Kier alpha value is -6.19. The molecular weight excluding hydrogens is 1280 g/mol. The number of carbonyl (C=O) groups excluding carboxylic acids is 2. The lowest BCUT2D eigenvalue weighted by Gasteiger charge is -2.24. The zero-order valence-electron chi connectivity index (χ0n) is 65.0. The first-order valence-corrected chi connectivity index (χ1v) is 41.3. The molecule has 0 aliphatic heterocycles. The van der Waals surface area contributed by atoms with Crippen molar-refractivity contribution in [2.75, 3.05) is 47.5 Å². The summed E-state index contributed by atoms with van der Waals surface area (Å²) in [6.45, 7) is 4.16. The summed E-state index contributed by atoms with van der Waals surface area (Å²) in [7, 11) is 1.43. The Morgan fingerprint density at radius 2 is 0.529 bits per heavy atom. The van der Waals surface area contributed by atoms with Gasteiger partial charge in [0.15, 0.2) is 6.10 Å². The first kappa shape index (κ1) is 95.8. The first-order valence-electron chi connectivity index (χ1n) is 39.8. The van der Waals surface area contributed by atoms with E-state index in [2.05, 4.69) is 257 Å². The van der Waals surface area contributed by atoms with Crippen molar-refractivity contribution in [3.63, 3.8) is 0 Å². The highest BCUT2D eigenvalue weighted by atomic mass is 31.2. The largest absolute Gasteiger partial charge is 0.472 e. The van der Waals surface area contributed by atoms with Gasteiger partial charge in [-0.05, 0) is 167 Å². The molecule has 0 bridgehead atoms. The number of nitrogens with zero attached hydrogens (tertiary/aromatic N) is 1. The highest BCUT2D eigenvalue weighted by Gasteiger charge is 2.27. The molecule has 0 aromatic heterocycles. The van der Waals surface area contributed by atoms with Crippen molar-refractivity contribution in [1.29, 1.82) is 0 Å². The van der Waals surface area contributed by atoms with E-state index in [9.17, 15) is 19.0 Å². The Morgan fingerprint density at radius 1 is 0.304 bits per heavy atom. The molecule has 570 valence electrons. The Kier molecular flexibility index (Phi) is 74.1. The third-order valence-corrected chi connectivity index (χ3v) is 16.9. The quantitative estimate of drug-likeness (QED) is 0.0211. The summed E-state index contributed by atoms with van der Waals surface area (Å²) in [5, 5.41) is 0. The minimum absolute atomic E-state index is 0.0155. The van der Waals surface area contributed by atoms with Crippen molar-refractivity contribution < 1.29 is 42.1 Å². The molecule has 1 N–H and O–H groups in total. The lowest BCUT2D eigenvalue weighted by molar-refractivity contribution is -0.870. The van der Waals surface area contributed by atoms with Gasteiger partial charge >= 0.3 is 19.8 Å². The van der Waals surface area contributed by atoms with Gasteiger partial charge in [-0.3, -0.25) is 18.6 Å². The van der Waals surface area contributed by atoms with Crippen molar-refractivity contribution in [2.24, 2.45) is 0 Å². The van der Waals surface area contributed by atoms with Crippen LogP contribution in [0, 0.1) is 0 Å². The smallest absolute Gasteiger partial charge is 0.462 e. The van der Waals surface area contributed by atoms with Crippen LogP contribution >= 0.6 is 7.82 Å². The molecule has 0 aliphatic carbocycles. The fraction of sp³-hybridized carbons (Fsp3) is 0.543. The number of unbranched alkanes of at least 4 members (excludes halogenated alkanes) is 16. The van der Waals surface area contributed by atoms with Crippen LogP contribution in [0.4, 0.5) is 0 Å². The molecule has 0 aromatic carbocycles. The van der Waals surface area contributed by atoms with Crippen LogP contribution < -0.4 is 0 Å². The van der Waals surface area contributed by atoms with Gasteiger partial charge in [-0.15, -0.1) is 0 Å². The van der Waals surface area contributed by atoms with Crippen LogP contribution in [0.15, 0.2) is 243 Å². The van der Waals surface area contributed by atoms with E-state index in [1.54, 1.807) is 0 Å². The van der Waals surface area contributed by atoms with Crippen LogP contribution in [0.1, 0.15) is 271 Å². The molecule has 0 saturated heterocycles. The first-order chi connectivity index (χ1) is 50.0. The summed E-state index contributed by atoms with van der Waals surface area (Å²) in [5.74, 6) is -0.835. The van der Waals surface area contributed by atoms with Gasteiger partial charge in [0.2, 0.25) is 0 Å². The molecule has 0 saturated carbocycles. The van der Waals surface area contributed by atoms with Gasteiger partial charge < -0.3 is 18.9 Å². The molecule has 0 fully saturated rings. The van der Waals surface area contributed by atoms with Gasteiger partial charge in [-0.2, -0.15) is 0 Å². The monoisotopic (exact) mass is 1420 g/mol. The molecule has 0 amide bonds. The number of rotatable bonds is 70. The van der Waals surface area contributed by atoms with E-state index in [0.717, 1.165) is 193 Å². The third-order valence-electron chi connectivity index (χ3n) is 15.9. The fourth-order valence-corrected chi connectivity index (χ4v) is 10.6. The number of ether oxygens (including phenoxy) is 2. The maximum absolute atomic E-state index is 12.9. The molecule has 10 heteroatoms. The van der Waals surface area contributed by atoms with Crippen LogP contribution in [0.5, 0.6) is 0 Å². The minimum Gasteiger partial charge on any atom is -0.462 e. The van der Waals surface area contributed by atoms with E-state index in [1.807, 2.05) is 21.1 Å². The lowest BCUT2D eigenvalue weighted by atomic mass is 10.0. The fourth-order valence-electron chi connectivity index (χ4n) is 9.90. The van der Waals surface area contributed by atoms with Crippen molar-refractivity contribution in [1.82, 2.24) is 0 Å². The van der Waals surface area contributed by atoms with Gasteiger partial charge in [-0.1, -0.05) is 334 Å². The third kappa shape index (κ3) is 82.8. The Labute approximate surface area is 625 Å². The minimum atomic E-state index is -4.42. The average molecular weight is 1420 g/mol. The highest BCUT2D eigenvalue weighted by Crippen LogP contribution is 2.43. The molecule has 0 spiro atoms. The maximum Gasteiger partial charge on any atom is 0.472 e. The second-order valence-electron chi connectivity index (χ2n) is 26.6. The van der Waals surface area contributed by atoms with Crippen molar-refractivity contribution in [2.45, 2.75) is 277 Å². The van der Waals surface area contributed by atoms with Gasteiger partial charge in [0.05, 0.1) is 27.7 Å². The normalized spacial score (nSPS) is 14.4. The predicted octanol–water partition coefficient (Wildman–Crippen LogP) is 27.0. The molecule has 9 nitrogen and oxygen atoms in total. The zero-order chi connectivity index (χ0) is 74.0. The number of carbonyl (C=O) groups is 2. The van der Waals surface area contributed by atoms with Crippen LogP contribution in [0.2, 0.25) is 0 Å². The maximum atomic E-state index is 12.9. The van der Waals surface area contributed by atoms with E-state index in [4.69, 9.17) is 18.5 Å². The number of likely N-dealkylation sites (N-methyl/N-ethyl adjacent to an activating group) is 1. The molecule has 2 atom stereocenters. The topological polar surface area (TPSA) is 108 Å². The van der Waals surface area contributed by atoms with E-state index < -0.39 is 32.5 Å². The van der Waals surface area contributed by atoms with Crippen molar-refractivity contribution in [3.05, 3.63) is 243 Å². The second kappa shape index (κ2) is 78.9. The van der Waals surface area contributed by atoms with Crippen LogP contribution in [-0.2, 0) is 32.7 Å². The number of esters is 2. The summed E-state index contributed by atoms with van der Waals surface area (Å²) in [5.41, 5.74) is 0. The molecule has 0 aliphatic rings. The van der Waals surface area contributed by atoms with Crippen LogP contribution in [-0.4, -0.2) is 74.9 Å². The molecule has 2 unspecified atom stereocenters. The van der Waals surface area contributed by atoms with Gasteiger partial charge in [-0.25, -0.2) is 4.57 Å². The Morgan fingerprint density at radius 3 is 0.784 bits per heavy atom. The molecular formula is C92H145NO8P+. The van der Waals surface area contributed by atoms with Crippen molar-refractivity contribution >= 4 is 19.8 Å². The number of hydrogen-bond donors (Lipinski definition) is 1. The number of hydrogen-bond acceptors (Lipinski definition) is 7. The number of phosphoric acid groups is 1. The average Bonchev–Trinajstić information content (AvgIpc) is 0.916. The predicted molar refractivity (Wildman–Crippen MR) is 444 cm³/mol. The van der Waals surface area contributed by atoms with Gasteiger partial charge in [0.1, 0.15) is 19.8 Å². The summed E-state index contributed by atoms with van der Waals surface area (Å²) in [6, 6.07) is 0. The summed E-state index contributed by atoms with van der Waals surface area (Å²) >= 11 is 0. The molecule has 0 radical (unpaired) electrons. The van der Waals surface area contributed by atoms with E-state index in [-0.39, 0.29) is 26.1 Å². The van der Waals surface area contributed by atoms with Gasteiger partial charge in [0.25, 0.3) is 0 Å². The number of quaternary nitrogens is 1. The van der Waals surface area contributed by atoms with E-state index in [1.165, 1.54) is 38.5 Å². The summed E-state index contributed by atoms with van der Waals surface area (Å²) in [6.07, 6.45) is 128. The van der Waals surface area contributed by atoms with E-state index in [0.29, 0.717) is 23.9 Å². The SMILES string of the molecule is CC/C=C\C/C=C\C/C=C\C/C=C\C/C=C\C/C=C\C/C=C\C/C=C\C/C=C\C/C=C\CCCCCCCCCCCCC(=O)OC(COC(=O)CCCCCCCC/C=C\C/C=C\C/C=C\C/C=C\C/C=C\C/C=C\C/C=C\C/C=C\C/C=C\C/C=C\CC)COP(=O)(O)OCC[N+](C)(C)C. The van der Waals surface area contributed by atoms with Gasteiger partial charge in [0, 0.05) is 12.8 Å². The molecule has 102 heavy (non-hydrogen) atoms. The van der Waals surface area contributed by atoms with Crippen LogP contribution in [0.3, 0.4) is 0 Å². The standard InChI is InChI=1S/C92H144NO8P/c1-6-8-10-12-14-16-18-20-22-24-26-28-30-32-34-36-38-40-42-44-45-46-47-49-51-53-55-57-59-61-63-65-67-69-71-73-75-77-79-81-83-85-92(95)101-90(89-100-102(96,97)99-87-86-93(3,4)5)88-98-91(94)84-82-80-78-76-74-72-70-68-66-64-62-60-58-56-54-52-50-48-43-41-39-37-35-33-31-29-27-25-23-21-19-17-15-13-11-9-7-2/h8-11,14-17,20-23,26-29,32-35,38-41,44-45,47-50,53-56,59-62,66,68,90H,6-7,12-13,18-19,24-25,30-31,36-37,42-43,46,51-52,57-58,63-65,67,69-89H2,1-5H3/p+1/b10-8-,11-9-,16-14-,17-15-,22-20-,23-21-,28-26-,29-27-,34-32-,35-33-,40-38-,41-39-,45-44-,49-47-,50-48-,55-53-,56-54-,61-59-,62-60-,68-66-. The number of allylic oxidation sites excluding steroid dienone is 40. The Bertz CT molecular complexity index is 2630. The molecule has 0 aromatic rings. The molecule has 0 heterocycles. The van der Waals surface area contributed by atoms with Crippen LogP contribution in [0.25, 0.3) is 0 Å². The number of phosphoric ester groups is 1.